The van der Waals surface area contributed by atoms with Crippen molar-refractivity contribution >= 4 is 0 Å². The Labute approximate surface area is 122 Å². The second-order valence-corrected chi connectivity index (χ2v) is 5.77. The summed E-state index contributed by atoms with van der Waals surface area (Å²) >= 11 is 0. The molecule has 0 amide bonds. The Bertz CT molecular complexity index is 459. The standard InChI is InChI=1S/C16H21F3O2/c1-11-5-2-3-8-15(11)21-10-14(20)12-6-4-7-13(9-12)16(17,18)19/h4,6-7,9,11,14-15,20H,2-3,5,8,10H2,1H3. The van der Waals surface area contributed by atoms with Crippen LogP contribution >= 0.6 is 0 Å². The maximum atomic E-state index is 12.6. The van der Waals surface area contributed by atoms with Crippen molar-refractivity contribution in [1.82, 2.24) is 0 Å². The molecule has 1 aromatic carbocycles. The van der Waals surface area contributed by atoms with E-state index in [0.29, 0.717) is 5.92 Å². The predicted octanol–water partition coefficient (Wildman–Crippen LogP) is 4.33. The van der Waals surface area contributed by atoms with Gasteiger partial charge in [-0.3, -0.25) is 0 Å². The lowest BCUT2D eigenvalue weighted by Gasteiger charge is -2.29. The first-order valence-electron chi connectivity index (χ1n) is 7.34. The summed E-state index contributed by atoms with van der Waals surface area (Å²) in [5, 5.41) is 10.0. The second-order valence-electron chi connectivity index (χ2n) is 5.77. The minimum Gasteiger partial charge on any atom is -0.386 e. The highest BCUT2D eigenvalue weighted by molar-refractivity contribution is 5.27. The van der Waals surface area contributed by atoms with Crippen LogP contribution in [0.4, 0.5) is 13.2 Å². The molecule has 21 heavy (non-hydrogen) atoms. The highest BCUT2D eigenvalue weighted by Gasteiger charge is 2.31. The van der Waals surface area contributed by atoms with Gasteiger partial charge in [-0.2, -0.15) is 13.2 Å². The van der Waals surface area contributed by atoms with Crippen LogP contribution in [0.2, 0.25) is 0 Å². The average Bonchev–Trinajstić information content (AvgIpc) is 2.45. The topological polar surface area (TPSA) is 29.5 Å². The Balaban J connectivity index is 1.95. The Kier molecular flexibility index (Phi) is 5.27. The van der Waals surface area contributed by atoms with Gasteiger partial charge in [0, 0.05) is 0 Å². The number of benzene rings is 1. The van der Waals surface area contributed by atoms with Gasteiger partial charge in [0.1, 0.15) is 6.10 Å². The summed E-state index contributed by atoms with van der Waals surface area (Å²) < 4.78 is 43.6. The van der Waals surface area contributed by atoms with Gasteiger partial charge in [-0.15, -0.1) is 0 Å². The van der Waals surface area contributed by atoms with Gasteiger partial charge < -0.3 is 9.84 Å². The summed E-state index contributed by atoms with van der Waals surface area (Å²) in [5.74, 6) is 0.437. The van der Waals surface area contributed by atoms with Gasteiger partial charge in [0.15, 0.2) is 0 Å². The number of halogens is 3. The Morgan fingerprint density at radius 2 is 2.00 bits per heavy atom. The molecule has 3 atom stereocenters. The van der Waals surface area contributed by atoms with Crippen molar-refractivity contribution in [3.05, 3.63) is 35.4 Å². The van der Waals surface area contributed by atoms with E-state index in [1.54, 1.807) is 0 Å². The van der Waals surface area contributed by atoms with Crippen molar-refractivity contribution in [2.24, 2.45) is 5.92 Å². The van der Waals surface area contributed by atoms with Crippen LogP contribution in [0.5, 0.6) is 0 Å². The number of aliphatic hydroxyl groups excluding tert-OH is 1. The highest BCUT2D eigenvalue weighted by Crippen LogP contribution is 2.31. The summed E-state index contributed by atoms with van der Waals surface area (Å²) in [6, 6.07) is 4.79. The zero-order chi connectivity index (χ0) is 15.5. The van der Waals surface area contributed by atoms with Crippen LogP contribution in [-0.4, -0.2) is 17.8 Å². The maximum Gasteiger partial charge on any atom is 0.416 e. The number of rotatable bonds is 4. The molecule has 1 saturated carbocycles. The van der Waals surface area contributed by atoms with Crippen LogP contribution < -0.4 is 0 Å². The van der Waals surface area contributed by atoms with Crippen LogP contribution in [0.25, 0.3) is 0 Å². The van der Waals surface area contributed by atoms with E-state index in [1.165, 1.54) is 18.6 Å². The molecular weight excluding hydrogens is 281 g/mol. The normalized spacial score (nSPS) is 24.8. The van der Waals surface area contributed by atoms with Crippen molar-refractivity contribution in [2.45, 2.75) is 51.0 Å². The fourth-order valence-corrected chi connectivity index (χ4v) is 2.76. The van der Waals surface area contributed by atoms with E-state index < -0.39 is 17.8 Å². The van der Waals surface area contributed by atoms with Crippen LogP contribution in [0, 0.1) is 5.92 Å². The molecule has 1 aliphatic rings. The zero-order valence-corrected chi connectivity index (χ0v) is 12.1. The third-order valence-corrected chi connectivity index (χ3v) is 4.10. The minimum atomic E-state index is -4.39. The van der Waals surface area contributed by atoms with Gasteiger partial charge >= 0.3 is 6.18 Å². The lowest BCUT2D eigenvalue weighted by Crippen LogP contribution is -2.27. The van der Waals surface area contributed by atoms with Crippen LogP contribution in [0.1, 0.15) is 49.8 Å². The smallest absolute Gasteiger partial charge is 0.386 e. The molecule has 1 N–H and O–H groups in total. The number of hydrogen-bond donors (Lipinski definition) is 1. The van der Waals surface area contributed by atoms with E-state index in [1.807, 2.05) is 0 Å². The van der Waals surface area contributed by atoms with Crippen LogP contribution in [0.3, 0.4) is 0 Å². The maximum absolute atomic E-state index is 12.6. The molecule has 0 aliphatic heterocycles. The predicted molar refractivity (Wildman–Crippen MR) is 73.8 cm³/mol. The first-order valence-corrected chi connectivity index (χ1v) is 7.34. The van der Waals surface area contributed by atoms with Crippen molar-refractivity contribution < 1.29 is 23.0 Å². The molecule has 2 rings (SSSR count). The molecule has 0 saturated heterocycles. The van der Waals surface area contributed by atoms with Gasteiger partial charge in [0.2, 0.25) is 0 Å². The molecule has 0 radical (unpaired) electrons. The van der Waals surface area contributed by atoms with Gasteiger partial charge in [0.25, 0.3) is 0 Å². The van der Waals surface area contributed by atoms with Crippen molar-refractivity contribution in [2.75, 3.05) is 6.61 Å². The van der Waals surface area contributed by atoms with Crippen LogP contribution in [0.15, 0.2) is 24.3 Å². The summed E-state index contributed by atoms with van der Waals surface area (Å²) in [6.07, 6.45) is -0.971. The fourth-order valence-electron chi connectivity index (χ4n) is 2.76. The Hall–Kier alpha value is -1.07. The summed E-state index contributed by atoms with van der Waals surface area (Å²) in [6.45, 7) is 2.15. The van der Waals surface area contributed by atoms with E-state index >= 15 is 0 Å². The fraction of sp³-hybridized carbons (Fsp3) is 0.625. The quantitative estimate of drug-likeness (QED) is 0.897. The summed E-state index contributed by atoms with van der Waals surface area (Å²) in [7, 11) is 0. The summed E-state index contributed by atoms with van der Waals surface area (Å²) in [4.78, 5) is 0. The SMILES string of the molecule is CC1CCCCC1OCC(O)c1cccc(C(F)(F)F)c1. The molecule has 5 heteroatoms. The molecule has 0 aromatic heterocycles. The molecular formula is C16H21F3O2. The van der Waals surface area contributed by atoms with E-state index in [-0.39, 0.29) is 18.3 Å². The molecule has 0 bridgehead atoms. The number of aliphatic hydroxyl groups is 1. The Morgan fingerprint density at radius 3 is 2.67 bits per heavy atom. The van der Waals surface area contributed by atoms with E-state index in [9.17, 15) is 18.3 Å². The van der Waals surface area contributed by atoms with E-state index in [2.05, 4.69) is 6.92 Å². The zero-order valence-electron chi connectivity index (χ0n) is 12.1. The molecule has 1 aromatic rings. The first kappa shape index (κ1) is 16.3. The third-order valence-electron chi connectivity index (χ3n) is 4.10. The lowest BCUT2D eigenvalue weighted by molar-refractivity contribution is -0.137. The Morgan fingerprint density at radius 1 is 1.29 bits per heavy atom. The number of hydrogen-bond acceptors (Lipinski definition) is 2. The van der Waals surface area contributed by atoms with E-state index in [4.69, 9.17) is 4.74 Å². The largest absolute Gasteiger partial charge is 0.416 e. The minimum absolute atomic E-state index is 0.0380. The molecule has 0 spiro atoms. The summed E-state index contributed by atoms with van der Waals surface area (Å²) in [5.41, 5.74) is -0.502. The molecule has 118 valence electrons. The monoisotopic (exact) mass is 302 g/mol. The van der Waals surface area contributed by atoms with Crippen LogP contribution in [-0.2, 0) is 10.9 Å². The highest BCUT2D eigenvalue weighted by atomic mass is 19.4. The van der Waals surface area contributed by atoms with Crippen molar-refractivity contribution in [1.29, 1.82) is 0 Å². The number of ether oxygens (including phenoxy) is 1. The molecule has 2 nitrogen and oxygen atoms in total. The van der Waals surface area contributed by atoms with Crippen molar-refractivity contribution in [3.63, 3.8) is 0 Å². The van der Waals surface area contributed by atoms with Gasteiger partial charge in [0.05, 0.1) is 18.3 Å². The third kappa shape index (κ3) is 4.45. The lowest BCUT2D eigenvalue weighted by atomic mass is 9.88. The molecule has 1 fully saturated rings. The van der Waals surface area contributed by atoms with Gasteiger partial charge in [-0.1, -0.05) is 31.9 Å². The first-order chi connectivity index (χ1) is 9.88. The average molecular weight is 302 g/mol. The van der Waals surface area contributed by atoms with Crippen molar-refractivity contribution in [3.8, 4) is 0 Å². The molecule has 1 aliphatic carbocycles. The van der Waals surface area contributed by atoms with E-state index in [0.717, 1.165) is 31.4 Å². The van der Waals surface area contributed by atoms with Gasteiger partial charge in [-0.05, 0) is 36.5 Å². The molecule has 3 unspecified atom stereocenters. The van der Waals surface area contributed by atoms with Gasteiger partial charge in [-0.25, -0.2) is 0 Å². The second kappa shape index (κ2) is 6.79. The number of alkyl halides is 3. The molecule has 0 heterocycles.